The number of rotatable bonds is 2. The van der Waals surface area contributed by atoms with Crippen LogP contribution in [-0.2, 0) is 4.79 Å². The molecule has 26 heavy (non-hydrogen) atoms. The minimum absolute atomic E-state index is 0.0109. The van der Waals surface area contributed by atoms with E-state index in [1.807, 2.05) is 17.5 Å². The zero-order valence-corrected chi connectivity index (χ0v) is 14.8. The van der Waals surface area contributed by atoms with Crippen molar-refractivity contribution in [3.05, 3.63) is 51.7 Å². The maximum atomic E-state index is 12.4. The van der Waals surface area contributed by atoms with Crippen molar-refractivity contribution in [3.8, 4) is 11.5 Å². The normalized spacial score (nSPS) is 19.7. The van der Waals surface area contributed by atoms with Crippen LogP contribution in [0.1, 0.15) is 10.4 Å². The number of hydrogen-bond acceptors (Lipinski definition) is 7. The zero-order chi connectivity index (χ0) is 17.7. The van der Waals surface area contributed by atoms with Gasteiger partial charge in [0.1, 0.15) is 5.04 Å². The Hall–Kier alpha value is -2.91. The van der Waals surface area contributed by atoms with Gasteiger partial charge in [-0.25, -0.2) is 0 Å². The average Bonchev–Trinajstić information content (AvgIpc) is 3.36. The Kier molecular flexibility index (Phi) is 3.44. The van der Waals surface area contributed by atoms with Gasteiger partial charge in [-0.1, -0.05) is 12.1 Å². The smallest absolute Gasteiger partial charge is 0.283 e. The number of ether oxygens (including phenoxy) is 2. The lowest BCUT2D eigenvalue weighted by molar-refractivity contribution is -0.114. The first kappa shape index (κ1) is 15.4. The molecule has 0 bridgehead atoms. The minimum atomic E-state index is -0.450. The highest BCUT2D eigenvalue weighted by molar-refractivity contribution is 8.27. The quantitative estimate of drug-likeness (QED) is 0.806. The highest BCUT2D eigenvalue weighted by Gasteiger charge is 2.36. The molecule has 3 aliphatic rings. The van der Waals surface area contributed by atoms with Crippen molar-refractivity contribution >= 4 is 51.1 Å². The number of aliphatic imine (C=N–C) groups is 1. The second kappa shape index (κ2) is 5.82. The fourth-order valence-corrected chi connectivity index (χ4v) is 4.34. The van der Waals surface area contributed by atoms with E-state index in [4.69, 9.17) is 14.9 Å². The standard InChI is InChI=1S/C17H10N4O3S2/c18-14-10(6-9-3-4-11-12(7-9)24-8-23-11)15(22)19-17-21(14)20-16(26-17)13-2-1-5-25-13/h1-7,18H,8H2/b10-6-,18-14?. The molecule has 0 spiro atoms. The Labute approximate surface area is 156 Å². The lowest BCUT2D eigenvalue weighted by Crippen LogP contribution is -2.35. The van der Waals surface area contributed by atoms with Crippen LogP contribution in [0, 0.1) is 5.41 Å². The van der Waals surface area contributed by atoms with Crippen molar-refractivity contribution in [2.75, 3.05) is 6.79 Å². The monoisotopic (exact) mass is 382 g/mol. The number of hydrogen-bond donors (Lipinski definition) is 1. The average molecular weight is 382 g/mol. The van der Waals surface area contributed by atoms with Crippen LogP contribution < -0.4 is 9.47 Å². The molecule has 2 aromatic rings. The summed E-state index contributed by atoms with van der Waals surface area (Å²) in [6, 6.07) is 9.24. The summed E-state index contributed by atoms with van der Waals surface area (Å²) < 4.78 is 10.6. The fourth-order valence-electron chi connectivity index (χ4n) is 2.66. The van der Waals surface area contributed by atoms with Gasteiger partial charge < -0.3 is 9.47 Å². The fraction of sp³-hybridized carbons (Fsp3) is 0.0588. The van der Waals surface area contributed by atoms with Gasteiger partial charge in [-0.2, -0.15) is 15.1 Å². The van der Waals surface area contributed by atoms with E-state index in [0.717, 1.165) is 15.5 Å². The van der Waals surface area contributed by atoms with E-state index in [1.165, 1.54) is 16.8 Å². The SMILES string of the molecule is N=C1/C(=C/c2ccc3c(c2)OCO3)C(=O)N=C2SC(c3cccs3)=NN12. The number of nitrogens with one attached hydrogen (secondary N) is 1. The van der Waals surface area contributed by atoms with Crippen molar-refractivity contribution in [1.29, 1.82) is 5.41 Å². The molecule has 7 nitrogen and oxygen atoms in total. The molecule has 0 radical (unpaired) electrons. The molecule has 1 amide bonds. The van der Waals surface area contributed by atoms with Gasteiger partial charge in [0, 0.05) is 0 Å². The molecular formula is C17H10N4O3S2. The third-order valence-electron chi connectivity index (χ3n) is 3.89. The molecule has 4 heterocycles. The van der Waals surface area contributed by atoms with E-state index in [1.54, 1.807) is 35.6 Å². The van der Waals surface area contributed by atoms with Gasteiger partial charge in [-0.15, -0.1) is 11.3 Å². The highest BCUT2D eigenvalue weighted by atomic mass is 32.2. The Balaban J connectivity index is 1.50. The predicted octanol–water partition coefficient (Wildman–Crippen LogP) is 3.14. The van der Waals surface area contributed by atoms with Crippen LogP contribution in [0.15, 0.2) is 51.4 Å². The molecule has 0 unspecified atom stereocenters. The van der Waals surface area contributed by atoms with Crippen LogP contribution in [0.3, 0.4) is 0 Å². The maximum absolute atomic E-state index is 12.4. The molecule has 1 aromatic carbocycles. The summed E-state index contributed by atoms with van der Waals surface area (Å²) in [5.74, 6) is 0.845. The largest absolute Gasteiger partial charge is 0.454 e. The Morgan fingerprint density at radius 2 is 2.12 bits per heavy atom. The van der Waals surface area contributed by atoms with Crippen molar-refractivity contribution < 1.29 is 14.3 Å². The van der Waals surface area contributed by atoms with Crippen LogP contribution in [-0.4, -0.2) is 33.8 Å². The number of carbonyl (C=O) groups excluding carboxylic acids is 1. The summed E-state index contributed by atoms with van der Waals surface area (Å²) in [7, 11) is 0. The molecule has 0 atom stereocenters. The number of hydrazone groups is 1. The van der Waals surface area contributed by atoms with Crippen molar-refractivity contribution in [2.45, 2.75) is 0 Å². The summed E-state index contributed by atoms with van der Waals surface area (Å²) in [6.45, 7) is 0.184. The van der Waals surface area contributed by atoms with E-state index >= 15 is 0 Å². The first-order valence-electron chi connectivity index (χ1n) is 7.63. The molecule has 3 aliphatic heterocycles. The Morgan fingerprint density at radius 1 is 1.23 bits per heavy atom. The van der Waals surface area contributed by atoms with E-state index in [0.29, 0.717) is 16.7 Å². The summed E-state index contributed by atoms with van der Waals surface area (Å²) in [5.41, 5.74) is 0.916. The first-order valence-corrected chi connectivity index (χ1v) is 9.32. The van der Waals surface area contributed by atoms with Crippen LogP contribution in [0.5, 0.6) is 11.5 Å². The van der Waals surface area contributed by atoms with E-state index in [2.05, 4.69) is 10.1 Å². The topological polar surface area (TPSA) is 87.3 Å². The summed E-state index contributed by atoms with van der Waals surface area (Å²) in [5, 5.41) is 17.4. The molecule has 0 aliphatic carbocycles. The van der Waals surface area contributed by atoms with Crippen LogP contribution in [0.2, 0.25) is 0 Å². The molecule has 128 valence electrons. The van der Waals surface area contributed by atoms with Gasteiger partial charge in [-0.05, 0) is 47.0 Å². The molecule has 9 heteroatoms. The van der Waals surface area contributed by atoms with E-state index < -0.39 is 5.91 Å². The van der Waals surface area contributed by atoms with Gasteiger partial charge >= 0.3 is 0 Å². The van der Waals surface area contributed by atoms with Crippen LogP contribution >= 0.6 is 23.1 Å². The van der Waals surface area contributed by atoms with Gasteiger partial charge in [0.15, 0.2) is 17.3 Å². The zero-order valence-electron chi connectivity index (χ0n) is 13.1. The van der Waals surface area contributed by atoms with Crippen LogP contribution in [0.4, 0.5) is 0 Å². The van der Waals surface area contributed by atoms with Crippen LogP contribution in [0.25, 0.3) is 6.08 Å². The number of amidine groups is 2. The predicted molar refractivity (Wildman–Crippen MR) is 101 cm³/mol. The number of nitrogens with zero attached hydrogens (tertiary/aromatic N) is 3. The third-order valence-corrected chi connectivity index (χ3v) is 5.84. The highest BCUT2D eigenvalue weighted by Crippen LogP contribution is 2.35. The number of thioether (sulfide) groups is 1. The third kappa shape index (κ3) is 2.44. The minimum Gasteiger partial charge on any atom is -0.454 e. The number of thiophene rings is 1. The molecule has 0 saturated heterocycles. The first-order chi connectivity index (χ1) is 12.7. The van der Waals surface area contributed by atoms with Gasteiger partial charge in [-0.3, -0.25) is 10.2 Å². The molecule has 1 aromatic heterocycles. The van der Waals surface area contributed by atoms with Gasteiger partial charge in [0.2, 0.25) is 12.0 Å². The molecule has 0 saturated carbocycles. The summed E-state index contributed by atoms with van der Waals surface area (Å²) >= 11 is 2.85. The van der Waals surface area contributed by atoms with Gasteiger partial charge in [0.25, 0.3) is 5.91 Å². The lowest BCUT2D eigenvalue weighted by atomic mass is 10.1. The summed E-state index contributed by atoms with van der Waals surface area (Å²) in [6.07, 6.45) is 1.62. The number of amides is 1. The number of fused-ring (bicyclic) bond motifs is 2. The molecular weight excluding hydrogens is 372 g/mol. The molecule has 1 N–H and O–H groups in total. The van der Waals surface area contributed by atoms with Crippen molar-refractivity contribution in [1.82, 2.24) is 5.01 Å². The second-order valence-corrected chi connectivity index (χ2v) is 7.42. The van der Waals surface area contributed by atoms with Crippen molar-refractivity contribution in [2.24, 2.45) is 10.1 Å². The number of carbonyl (C=O) groups is 1. The molecule has 5 rings (SSSR count). The Bertz CT molecular complexity index is 1040. The maximum Gasteiger partial charge on any atom is 0.283 e. The van der Waals surface area contributed by atoms with Gasteiger partial charge in [0.05, 0.1) is 10.5 Å². The lowest BCUT2D eigenvalue weighted by Gasteiger charge is -2.20. The summed E-state index contributed by atoms with van der Waals surface area (Å²) in [4.78, 5) is 17.5. The second-order valence-electron chi connectivity index (χ2n) is 5.52. The van der Waals surface area contributed by atoms with E-state index in [-0.39, 0.29) is 18.2 Å². The molecule has 0 fully saturated rings. The number of benzene rings is 1. The van der Waals surface area contributed by atoms with Crippen molar-refractivity contribution in [3.63, 3.8) is 0 Å². The Morgan fingerprint density at radius 3 is 2.96 bits per heavy atom. The van der Waals surface area contributed by atoms with E-state index in [9.17, 15) is 4.79 Å².